The fourth-order valence-electron chi connectivity index (χ4n) is 1.41. The molecule has 0 atom stereocenters. The number of benzene rings is 1. The number of carbonyl (C=O) groups is 1. The number of hydrogen-bond donors (Lipinski definition) is 1. The van der Waals surface area contributed by atoms with E-state index in [4.69, 9.17) is 0 Å². The van der Waals surface area contributed by atoms with Crippen LogP contribution >= 0.6 is 0 Å². The van der Waals surface area contributed by atoms with Crippen LogP contribution in [0.25, 0.3) is 17.0 Å². The summed E-state index contributed by atoms with van der Waals surface area (Å²) in [6.45, 7) is 0. The van der Waals surface area contributed by atoms with E-state index in [1.54, 1.807) is 6.08 Å². The average Bonchev–Trinajstić information content (AvgIpc) is 2.72. The molecule has 0 aliphatic heterocycles. The van der Waals surface area contributed by atoms with Crippen molar-refractivity contribution in [3.63, 3.8) is 0 Å². The second-order valence-electron chi connectivity index (χ2n) is 3.18. The lowest BCUT2D eigenvalue weighted by Crippen LogP contribution is -1.93. The van der Waals surface area contributed by atoms with E-state index in [1.165, 1.54) is 13.2 Å². The minimum absolute atomic E-state index is 0.343. The van der Waals surface area contributed by atoms with E-state index in [-0.39, 0.29) is 5.97 Å². The molecule has 0 fully saturated rings. The topological polar surface area (TPSA) is 42.1 Å². The van der Waals surface area contributed by atoms with Gasteiger partial charge in [-0.25, -0.2) is 4.79 Å². The van der Waals surface area contributed by atoms with Gasteiger partial charge in [0.1, 0.15) is 0 Å². The van der Waals surface area contributed by atoms with E-state index >= 15 is 0 Å². The highest BCUT2D eigenvalue weighted by molar-refractivity contribution is 5.88. The summed E-state index contributed by atoms with van der Waals surface area (Å²) < 4.78 is 4.51. The highest BCUT2D eigenvalue weighted by atomic mass is 16.5. The van der Waals surface area contributed by atoms with Crippen LogP contribution in [0.3, 0.4) is 0 Å². The number of aromatic amines is 1. The largest absolute Gasteiger partial charge is 0.466 e. The van der Waals surface area contributed by atoms with E-state index in [0.29, 0.717) is 0 Å². The molecule has 3 heteroatoms. The Morgan fingerprint density at radius 2 is 2.27 bits per heavy atom. The number of rotatable bonds is 2. The summed E-state index contributed by atoms with van der Waals surface area (Å²) >= 11 is 0. The molecular weight excluding hydrogens is 190 g/mol. The number of ether oxygens (including phenoxy) is 1. The van der Waals surface area contributed by atoms with E-state index in [2.05, 4.69) is 9.72 Å². The summed E-state index contributed by atoms with van der Waals surface area (Å²) in [7, 11) is 1.36. The molecule has 2 rings (SSSR count). The molecule has 0 unspecified atom stereocenters. The van der Waals surface area contributed by atoms with Crippen LogP contribution in [0.4, 0.5) is 0 Å². The highest BCUT2D eigenvalue weighted by Crippen LogP contribution is 2.15. The van der Waals surface area contributed by atoms with E-state index in [0.717, 1.165) is 16.5 Å². The number of carbonyl (C=O) groups excluding carboxylic acids is 1. The molecule has 2 aromatic rings. The van der Waals surface area contributed by atoms with Crippen LogP contribution in [0.5, 0.6) is 0 Å². The Hall–Kier alpha value is -2.03. The van der Waals surface area contributed by atoms with Crippen molar-refractivity contribution < 1.29 is 9.53 Å². The first-order chi connectivity index (χ1) is 7.29. The zero-order chi connectivity index (χ0) is 10.7. The van der Waals surface area contributed by atoms with E-state index in [1.807, 2.05) is 30.5 Å². The van der Waals surface area contributed by atoms with Gasteiger partial charge in [-0.15, -0.1) is 0 Å². The maximum Gasteiger partial charge on any atom is 0.330 e. The van der Waals surface area contributed by atoms with Crippen LogP contribution < -0.4 is 0 Å². The summed E-state index contributed by atoms with van der Waals surface area (Å²) in [5.41, 5.74) is 2.07. The van der Waals surface area contributed by atoms with Crippen LogP contribution in [0, 0.1) is 0 Å². The zero-order valence-electron chi connectivity index (χ0n) is 8.36. The van der Waals surface area contributed by atoms with Crippen molar-refractivity contribution in [2.45, 2.75) is 0 Å². The molecule has 0 saturated carbocycles. The quantitative estimate of drug-likeness (QED) is 0.598. The van der Waals surface area contributed by atoms with Gasteiger partial charge < -0.3 is 9.72 Å². The number of nitrogens with one attached hydrogen (secondary N) is 1. The standard InChI is InChI=1S/C12H11NO2/c1-15-12(14)5-3-9-2-4-11-10(8-9)6-7-13-11/h2-8,13H,1H3. The van der Waals surface area contributed by atoms with E-state index < -0.39 is 0 Å². The summed E-state index contributed by atoms with van der Waals surface area (Å²) in [5.74, 6) is -0.343. The summed E-state index contributed by atoms with van der Waals surface area (Å²) in [6.07, 6.45) is 5.03. The van der Waals surface area contributed by atoms with Gasteiger partial charge in [0.05, 0.1) is 7.11 Å². The minimum Gasteiger partial charge on any atom is -0.466 e. The van der Waals surface area contributed by atoms with Crippen LogP contribution in [-0.4, -0.2) is 18.1 Å². The lowest BCUT2D eigenvalue weighted by molar-refractivity contribution is -0.134. The van der Waals surface area contributed by atoms with Crippen molar-refractivity contribution in [1.29, 1.82) is 0 Å². The monoisotopic (exact) mass is 201 g/mol. The molecule has 15 heavy (non-hydrogen) atoms. The maximum absolute atomic E-state index is 10.9. The van der Waals surface area contributed by atoms with Gasteiger partial charge >= 0.3 is 5.97 Å². The molecule has 0 aliphatic rings. The van der Waals surface area contributed by atoms with Crippen molar-refractivity contribution >= 4 is 22.9 Å². The lowest BCUT2D eigenvalue weighted by atomic mass is 10.1. The Kier molecular flexibility index (Phi) is 2.54. The lowest BCUT2D eigenvalue weighted by Gasteiger charge is -1.94. The van der Waals surface area contributed by atoms with Crippen molar-refractivity contribution in [3.05, 3.63) is 42.1 Å². The number of esters is 1. The third kappa shape index (κ3) is 2.07. The van der Waals surface area contributed by atoms with Crippen molar-refractivity contribution in [3.8, 4) is 0 Å². The van der Waals surface area contributed by atoms with Crippen LogP contribution in [-0.2, 0) is 9.53 Å². The molecule has 0 aliphatic carbocycles. The second-order valence-corrected chi connectivity index (χ2v) is 3.18. The Balaban J connectivity index is 2.28. The van der Waals surface area contributed by atoms with Gasteiger partial charge in [0.25, 0.3) is 0 Å². The normalized spacial score (nSPS) is 11.0. The molecule has 1 heterocycles. The number of hydrogen-bond acceptors (Lipinski definition) is 2. The molecule has 3 nitrogen and oxygen atoms in total. The first-order valence-corrected chi connectivity index (χ1v) is 4.63. The minimum atomic E-state index is -0.343. The molecule has 0 saturated heterocycles. The second kappa shape index (κ2) is 4.00. The van der Waals surface area contributed by atoms with Gasteiger partial charge in [-0.1, -0.05) is 6.07 Å². The molecule has 1 aromatic heterocycles. The first-order valence-electron chi connectivity index (χ1n) is 4.63. The molecule has 76 valence electrons. The van der Waals surface area contributed by atoms with Gasteiger partial charge in [-0.3, -0.25) is 0 Å². The van der Waals surface area contributed by atoms with Crippen LogP contribution in [0.1, 0.15) is 5.56 Å². The third-order valence-electron chi connectivity index (χ3n) is 2.19. The molecule has 1 N–H and O–H groups in total. The van der Waals surface area contributed by atoms with Crippen LogP contribution in [0.15, 0.2) is 36.5 Å². The van der Waals surface area contributed by atoms with Gasteiger partial charge in [0.15, 0.2) is 0 Å². The molecule has 0 spiro atoms. The van der Waals surface area contributed by atoms with Crippen molar-refractivity contribution in [2.24, 2.45) is 0 Å². The van der Waals surface area contributed by atoms with Crippen molar-refractivity contribution in [2.75, 3.05) is 7.11 Å². The Morgan fingerprint density at radius 3 is 3.07 bits per heavy atom. The summed E-state index contributed by atoms with van der Waals surface area (Å²) in [4.78, 5) is 14.0. The van der Waals surface area contributed by atoms with Gasteiger partial charge in [0, 0.05) is 17.8 Å². The third-order valence-corrected chi connectivity index (χ3v) is 2.19. The number of H-pyrrole nitrogens is 1. The first kappa shape index (κ1) is 9.52. The smallest absolute Gasteiger partial charge is 0.330 e. The Labute approximate surface area is 87.4 Å². The Bertz CT molecular complexity index is 511. The van der Waals surface area contributed by atoms with E-state index in [9.17, 15) is 4.79 Å². The van der Waals surface area contributed by atoms with Gasteiger partial charge in [0.2, 0.25) is 0 Å². The fraction of sp³-hybridized carbons (Fsp3) is 0.0833. The summed E-state index contributed by atoms with van der Waals surface area (Å²) in [5, 5.41) is 1.13. The fourth-order valence-corrected chi connectivity index (χ4v) is 1.41. The predicted molar refractivity (Wildman–Crippen MR) is 59.3 cm³/mol. The molecule has 0 bridgehead atoms. The van der Waals surface area contributed by atoms with Gasteiger partial charge in [-0.05, 0) is 35.2 Å². The molecule has 0 amide bonds. The summed E-state index contributed by atoms with van der Waals surface area (Å²) in [6, 6.07) is 7.92. The number of aromatic nitrogens is 1. The molecular formula is C12H11NO2. The van der Waals surface area contributed by atoms with Crippen molar-refractivity contribution in [1.82, 2.24) is 4.98 Å². The average molecular weight is 201 g/mol. The maximum atomic E-state index is 10.9. The molecule has 1 aromatic carbocycles. The van der Waals surface area contributed by atoms with Gasteiger partial charge in [-0.2, -0.15) is 0 Å². The molecule has 0 radical (unpaired) electrons. The highest BCUT2D eigenvalue weighted by Gasteiger charge is 1.95. The number of methoxy groups -OCH3 is 1. The SMILES string of the molecule is COC(=O)C=Cc1ccc2[nH]ccc2c1. The Morgan fingerprint density at radius 1 is 1.40 bits per heavy atom. The zero-order valence-corrected chi connectivity index (χ0v) is 8.36. The van der Waals surface area contributed by atoms with Crippen LogP contribution in [0.2, 0.25) is 0 Å². The predicted octanol–water partition coefficient (Wildman–Crippen LogP) is 2.35. The number of fused-ring (bicyclic) bond motifs is 1.